The molecule has 104 valence electrons. The molecule has 2 N–H and O–H groups in total. The highest BCUT2D eigenvalue weighted by Gasteiger charge is 2.29. The van der Waals surface area contributed by atoms with Crippen molar-refractivity contribution in [3.05, 3.63) is 29.3 Å². The number of nitrogens with zero attached hydrogens (tertiary/aromatic N) is 1. The Hall–Kier alpha value is -1.10. The quantitative estimate of drug-likeness (QED) is 0.888. The zero-order chi connectivity index (χ0) is 13.8. The normalized spacial score (nSPS) is 21.3. The van der Waals surface area contributed by atoms with E-state index in [2.05, 4.69) is 10.2 Å². The molecule has 1 aliphatic rings. The fourth-order valence-electron chi connectivity index (χ4n) is 2.33. The molecule has 1 aromatic rings. The van der Waals surface area contributed by atoms with Gasteiger partial charge in [-0.15, -0.1) is 0 Å². The molecule has 0 saturated carbocycles. The standard InChI is InChI=1S/C14H19ClN2O2/c1-10(17-7-6-11(8-17)9-18)14(19)16-13-5-3-2-4-12(13)15/h2-5,10-11,18H,6-9H2,1H3,(H,16,19). The van der Waals surface area contributed by atoms with Crippen molar-refractivity contribution in [2.45, 2.75) is 19.4 Å². The smallest absolute Gasteiger partial charge is 0.241 e. The fourth-order valence-corrected chi connectivity index (χ4v) is 2.51. The van der Waals surface area contributed by atoms with Gasteiger partial charge in [0.25, 0.3) is 0 Å². The molecule has 1 heterocycles. The number of aliphatic hydroxyl groups is 1. The van der Waals surface area contributed by atoms with Gasteiger partial charge < -0.3 is 10.4 Å². The number of carbonyl (C=O) groups excluding carboxylic acids is 1. The van der Waals surface area contributed by atoms with Gasteiger partial charge in [-0.1, -0.05) is 23.7 Å². The molecule has 2 rings (SSSR count). The molecule has 1 aromatic carbocycles. The largest absolute Gasteiger partial charge is 0.396 e. The maximum Gasteiger partial charge on any atom is 0.241 e. The van der Waals surface area contributed by atoms with Gasteiger partial charge in [-0.2, -0.15) is 0 Å². The molecule has 1 saturated heterocycles. The van der Waals surface area contributed by atoms with Gasteiger partial charge in [0.15, 0.2) is 0 Å². The first kappa shape index (κ1) is 14.3. The maximum atomic E-state index is 12.2. The number of likely N-dealkylation sites (tertiary alicyclic amines) is 1. The number of hydrogen-bond acceptors (Lipinski definition) is 3. The number of para-hydroxylation sites is 1. The number of halogens is 1. The second-order valence-electron chi connectivity index (χ2n) is 4.98. The van der Waals surface area contributed by atoms with Crippen molar-refractivity contribution in [2.24, 2.45) is 5.92 Å². The van der Waals surface area contributed by atoms with Crippen LogP contribution in [-0.2, 0) is 4.79 Å². The molecule has 0 radical (unpaired) electrons. The maximum absolute atomic E-state index is 12.2. The van der Waals surface area contributed by atoms with E-state index in [4.69, 9.17) is 16.7 Å². The Kier molecular flexibility index (Phi) is 4.80. The number of aliphatic hydroxyl groups excluding tert-OH is 1. The predicted octanol–water partition coefficient (Wildman–Crippen LogP) is 1.98. The molecule has 5 heteroatoms. The number of hydrogen-bond donors (Lipinski definition) is 2. The number of amides is 1. The van der Waals surface area contributed by atoms with Crippen LogP contribution >= 0.6 is 11.6 Å². The molecule has 0 bridgehead atoms. The molecule has 1 aliphatic heterocycles. The summed E-state index contributed by atoms with van der Waals surface area (Å²) in [5.74, 6) is 0.224. The molecular weight excluding hydrogens is 264 g/mol. The summed E-state index contributed by atoms with van der Waals surface area (Å²) in [5.41, 5.74) is 0.638. The molecule has 0 aliphatic carbocycles. The Bertz CT molecular complexity index is 453. The van der Waals surface area contributed by atoms with Gasteiger partial charge in [-0.05, 0) is 37.9 Å². The Morgan fingerprint density at radius 3 is 2.95 bits per heavy atom. The minimum atomic E-state index is -0.215. The van der Waals surface area contributed by atoms with Crippen molar-refractivity contribution in [2.75, 3.05) is 25.0 Å². The van der Waals surface area contributed by atoms with Crippen LogP contribution in [0, 0.1) is 5.92 Å². The number of benzene rings is 1. The van der Waals surface area contributed by atoms with Crippen LogP contribution in [0.25, 0.3) is 0 Å². The monoisotopic (exact) mass is 282 g/mol. The van der Waals surface area contributed by atoms with Crippen LogP contribution in [-0.4, -0.2) is 41.7 Å². The molecule has 2 unspecified atom stereocenters. The van der Waals surface area contributed by atoms with Gasteiger partial charge in [0.05, 0.1) is 16.8 Å². The van der Waals surface area contributed by atoms with E-state index in [9.17, 15) is 4.79 Å². The van der Waals surface area contributed by atoms with Crippen LogP contribution in [0.3, 0.4) is 0 Å². The lowest BCUT2D eigenvalue weighted by molar-refractivity contribution is -0.120. The predicted molar refractivity (Wildman–Crippen MR) is 76.3 cm³/mol. The zero-order valence-corrected chi connectivity index (χ0v) is 11.7. The van der Waals surface area contributed by atoms with E-state index in [1.807, 2.05) is 19.1 Å². The second kappa shape index (κ2) is 6.37. The van der Waals surface area contributed by atoms with Gasteiger partial charge in [0, 0.05) is 13.2 Å². The first-order chi connectivity index (χ1) is 9.11. The lowest BCUT2D eigenvalue weighted by Crippen LogP contribution is -2.40. The van der Waals surface area contributed by atoms with E-state index in [1.54, 1.807) is 12.1 Å². The summed E-state index contributed by atoms with van der Waals surface area (Å²) in [6, 6.07) is 6.98. The second-order valence-corrected chi connectivity index (χ2v) is 5.38. The van der Waals surface area contributed by atoms with Crippen molar-refractivity contribution >= 4 is 23.2 Å². The van der Waals surface area contributed by atoms with Crippen LogP contribution in [0.4, 0.5) is 5.69 Å². The van der Waals surface area contributed by atoms with E-state index < -0.39 is 0 Å². The Balaban J connectivity index is 1.95. The van der Waals surface area contributed by atoms with Gasteiger partial charge in [0.2, 0.25) is 5.91 Å². The molecule has 0 aromatic heterocycles. The first-order valence-corrected chi connectivity index (χ1v) is 6.90. The highest BCUT2D eigenvalue weighted by molar-refractivity contribution is 6.33. The molecule has 0 spiro atoms. The Labute approximate surface area is 118 Å². The van der Waals surface area contributed by atoms with Crippen molar-refractivity contribution in [3.8, 4) is 0 Å². The molecule has 4 nitrogen and oxygen atoms in total. The average Bonchev–Trinajstić information content (AvgIpc) is 2.89. The van der Waals surface area contributed by atoms with Crippen molar-refractivity contribution in [1.29, 1.82) is 0 Å². The van der Waals surface area contributed by atoms with E-state index in [0.29, 0.717) is 10.7 Å². The zero-order valence-electron chi connectivity index (χ0n) is 11.0. The van der Waals surface area contributed by atoms with E-state index >= 15 is 0 Å². The van der Waals surface area contributed by atoms with E-state index in [0.717, 1.165) is 19.5 Å². The van der Waals surface area contributed by atoms with Gasteiger partial charge >= 0.3 is 0 Å². The first-order valence-electron chi connectivity index (χ1n) is 6.52. The molecule has 1 fully saturated rings. The van der Waals surface area contributed by atoms with Crippen LogP contribution < -0.4 is 5.32 Å². The van der Waals surface area contributed by atoms with Gasteiger partial charge in [0.1, 0.15) is 0 Å². The lowest BCUT2D eigenvalue weighted by Gasteiger charge is -2.23. The van der Waals surface area contributed by atoms with Crippen LogP contribution in [0.2, 0.25) is 5.02 Å². The third-order valence-electron chi connectivity index (χ3n) is 3.63. The summed E-state index contributed by atoms with van der Waals surface area (Å²) in [6.45, 7) is 3.69. The summed E-state index contributed by atoms with van der Waals surface area (Å²) in [5, 5.41) is 12.5. The van der Waals surface area contributed by atoms with Crippen molar-refractivity contribution < 1.29 is 9.90 Å². The van der Waals surface area contributed by atoms with E-state index in [-0.39, 0.29) is 24.5 Å². The summed E-state index contributed by atoms with van der Waals surface area (Å²) in [6.07, 6.45) is 0.945. The summed E-state index contributed by atoms with van der Waals surface area (Å²) < 4.78 is 0. The molecule has 2 atom stereocenters. The van der Waals surface area contributed by atoms with Crippen molar-refractivity contribution in [3.63, 3.8) is 0 Å². The summed E-state index contributed by atoms with van der Waals surface area (Å²) in [7, 11) is 0. The number of carbonyl (C=O) groups is 1. The van der Waals surface area contributed by atoms with Crippen molar-refractivity contribution in [1.82, 2.24) is 4.90 Å². The Morgan fingerprint density at radius 1 is 1.58 bits per heavy atom. The lowest BCUT2D eigenvalue weighted by atomic mass is 10.1. The minimum Gasteiger partial charge on any atom is -0.396 e. The highest BCUT2D eigenvalue weighted by atomic mass is 35.5. The third-order valence-corrected chi connectivity index (χ3v) is 3.96. The summed E-state index contributed by atoms with van der Waals surface area (Å²) in [4.78, 5) is 14.3. The number of anilines is 1. The molecular formula is C14H19ClN2O2. The number of nitrogens with one attached hydrogen (secondary N) is 1. The van der Waals surface area contributed by atoms with Crippen LogP contribution in [0.5, 0.6) is 0 Å². The Morgan fingerprint density at radius 2 is 2.32 bits per heavy atom. The minimum absolute atomic E-state index is 0.0633. The molecule has 1 amide bonds. The fraction of sp³-hybridized carbons (Fsp3) is 0.500. The third kappa shape index (κ3) is 3.47. The summed E-state index contributed by atoms with van der Waals surface area (Å²) >= 11 is 6.02. The van der Waals surface area contributed by atoms with Gasteiger partial charge in [-0.3, -0.25) is 9.69 Å². The average molecular weight is 283 g/mol. The van der Waals surface area contributed by atoms with Crippen LogP contribution in [0.1, 0.15) is 13.3 Å². The topological polar surface area (TPSA) is 52.6 Å². The van der Waals surface area contributed by atoms with Gasteiger partial charge in [-0.25, -0.2) is 0 Å². The number of rotatable bonds is 4. The SMILES string of the molecule is CC(C(=O)Nc1ccccc1Cl)N1CCC(CO)C1. The highest BCUT2D eigenvalue weighted by Crippen LogP contribution is 2.22. The van der Waals surface area contributed by atoms with Crippen LogP contribution in [0.15, 0.2) is 24.3 Å². The van der Waals surface area contributed by atoms with E-state index in [1.165, 1.54) is 0 Å². The molecule has 19 heavy (non-hydrogen) atoms.